The summed E-state index contributed by atoms with van der Waals surface area (Å²) in [7, 11) is 0. The number of nitrogens with zero attached hydrogens (tertiary/aromatic N) is 2. The number of fused-ring (bicyclic) bond motifs is 1. The molecule has 5 rings (SSSR count). The van der Waals surface area contributed by atoms with E-state index in [1.165, 1.54) is 0 Å². The summed E-state index contributed by atoms with van der Waals surface area (Å²) < 4.78 is 11.4. The minimum atomic E-state index is 0.0501. The fourth-order valence-electron chi connectivity index (χ4n) is 4.57. The van der Waals surface area contributed by atoms with Gasteiger partial charge in [-0.3, -0.25) is 4.79 Å². The van der Waals surface area contributed by atoms with Gasteiger partial charge in [0.25, 0.3) is 0 Å². The average molecular weight is 404 g/mol. The van der Waals surface area contributed by atoms with Crippen molar-refractivity contribution in [3.05, 3.63) is 42.1 Å². The van der Waals surface area contributed by atoms with Crippen LogP contribution in [0.3, 0.4) is 0 Å². The Morgan fingerprint density at radius 3 is 2.70 bits per heavy atom. The van der Waals surface area contributed by atoms with Crippen molar-refractivity contribution in [3.63, 3.8) is 0 Å². The monoisotopic (exact) mass is 404 g/mol. The van der Waals surface area contributed by atoms with Crippen LogP contribution in [0.2, 0.25) is 0 Å². The highest BCUT2D eigenvalue weighted by Gasteiger charge is 2.56. The van der Waals surface area contributed by atoms with Crippen molar-refractivity contribution in [1.29, 1.82) is 5.26 Å². The van der Waals surface area contributed by atoms with E-state index >= 15 is 0 Å². The van der Waals surface area contributed by atoms with Gasteiger partial charge in [0, 0.05) is 25.0 Å². The van der Waals surface area contributed by atoms with Crippen LogP contribution < -0.4 is 15.4 Å². The molecular weight excluding hydrogens is 380 g/mol. The van der Waals surface area contributed by atoms with Crippen LogP contribution in [0.1, 0.15) is 18.4 Å². The number of hydrogen-bond acceptors (Lipinski definition) is 6. The van der Waals surface area contributed by atoms with Gasteiger partial charge in [0.2, 0.25) is 5.91 Å². The fraction of sp³-hybridized carbons (Fsp3) is 0.435. The van der Waals surface area contributed by atoms with Crippen molar-refractivity contribution in [2.24, 2.45) is 17.8 Å². The van der Waals surface area contributed by atoms with Gasteiger partial charge in [-0.15, -0.1) is 0 Å². The topological polar surface area (TPSA) is 96.3 Å². The molecule has 0 bridgehead atoms. The molecule has 1 aromatic carbocycles. The minimum absolute atomic E-state index is 0.0501. The van der Waals surface area contributed by atoms with E-state index in [0.717, 1.165) is 37.1 Å². The van der Waals surface area contributed by atoms with E-state index in [2.05, 4.69) is 21.7 Å². The lowest BCUT2D eigenvalue weighted by Gasteiger charge is -2.23. The standard InChI is InChI=1S/C23H24N4O3/c24-11-16-9-14(1-2-20(16)30-17-4-7-29-8-5-17)15-3-6-26-21(10-15)27-23(28)22-18-12-25-13-19(18)22/h1-3,6,9-10,17-19,22,25H,4-5,7-8,12-13H2,(H,26,27,28). The summed E-state index contributed by atoms with van der Waals surface area (Å²) in [4.78, 5) is 16.8. The lowest BCUT2D eigenvalue weighted by atomic mass is 10.0. The van der Waals surface area contributed by atoms with Gasteiger partial charge in [-0.05, 0) is 60.3 Å². The summed E-state index contributed by atoms with van der Waals surface area (Å²) in [6, 6.07) is 11.6. The Balaban J connectivity index is 1.30. The summed E-state index contributed by atoms with van der Waals surface area (Å²) in [5.41, 5.74) is 2.28. The van der Waals surface area contributed by atoms with Crippen molar-refractivity contribution in [3.8, 4) is 22.9 Å². The molecule has 1 saturated carbocycles. The number of nitrogens with one attached hydrogen (secondary N) is 2. The number of carbonyl (C=O) groups excluding carboxylic acids is 1. The van der Waals surface area contributed by atoms with Crippen molar-refractivity contribution >= 4 is 11.7 Å². The molecule has 154 valence electrons. The van der Waals surface area contributed by atoms with E-state index in [-0.39, 0.29) is 17.9 Å². The first-order chi connectivity index (χ1) is 14.7. The van der Waals surface area contributed by atoms with Crippen LogP contribution in [0, 0.1) is 29.1 Å². The molecule has 7 heteroatoms. The molecule has 0 radical (unpaired) electrons. The maximum atomic E-state index is 12.5. The second kappa shape index (κ2) is 8.05. The number of hydrogen-bond donors (Lipinski definition) is 2. The Bertz CT molecular complexity index is 986. The third-order valence-corrected chi connectivity index (χ3v) is 6.30. The number of amides is 1. The molecular formula is C23H24N4O3. The molecule has 7 nitrogen and oxygen atoms in total. The van der Waals surface area contributed by atoms with Crippen molar-refractivity contribution in [2.75, 3.05) is 31.6 Å². The molecule has 1 amide bonds. The highest BCUT2D eigenvalue weighted by molar-refractivity contribution is 5.94. The van der Waals surface area contributed by atoms with Crippen LogP contribution >= 0.6 is 0 Å². The van der Waals surface area contributed by atoms with Crippen LogP contribution in [0.25, 0.3) is 11.1 Å². The average Bonchev–Trinajstić information content (AvgIpc) is 3.27. The van der Waals surface area contributed by atoms with E-state index in [0.29, 0.717) is 42.2 Å². The van der Waals surface area contributed by atoms with E-state index < -0.39 is 0 Å². The number of piperidine rings is 1. The lowest BCUT2D eigenvalue weighted by molar-refractivity contribution is -0.118. The molecule has 2 aliphatic heterocycles. The third kappa shape index (κ3) is 3.76. The Labute approximate surface area is 175 Å². The van der Waals surface area contributed by atoms with Crippen LogP contribution in [0.4, 0.5) is 5.82 Å². The summed E-state index contributed by atoms with van der Waals surface area (Å²) in [5, 5.41) is 15.9. The number of aromatic nitrogens is 1. The second-order valence-corrected chi connectivity index (χ2v) is 8.18. The largest absolute Gasteiger partial charge is 0.489 e. The summed E-state index contributed by atoms with van der Waals surface area (Å²) in [5.74, 6) is 2.22. The van der Waals surface area contributed by atoms with Gasteiger partial charge in [0.15, 0.2) is 0 Å². The zero-order chi connectivity index (χ0) is 20.5. The number of ether oxygens (including phenoxy) is 2. The maximum absolute atomic E-state index is 12.5. The molecule has 2 aromatic rings. The number of carbonyl (C=O) groups is 1. The summed E-state index contributed by atoms with van der Waals surface area (Å²) in [6.07, 6.45) is 3.42. The summed E-state index contributed by atoms with van der Waals surface area (Å²) >= 11 is 0. The van der Waals surface area contributed by atoms with Crippen molar-refractivity contribution in [2.45, 2.75) is 18.9 Å². The van der Waals surface area contributed by atoms with Crippen LogP contribution in [-0.2, 0) is 9.53 Å². The quantitative estimate of drug-likeness (QED) is 0.795. The molecule has 1 aliphatic carbocycles. The van der Waals surface area contributed by atoms with E-state index in [9.17, 15) is 10.1 Å². The van der Waals surface area contributed by atoms with Crippen LogP contribution in [-0.4, -0.2) is 43.3 Å². The number of anilines is 1. The Morgan fingerprint density at radius 2 is 1.93 bits per heavy atom. The molecule has 30 heavy (non-hydrogen) atoms. The highest BCUT2D eigenvalue weighted by atomic mass is 16.5. The van der Waals surface area contributed by atoms with Crippen molar-refractivity contribution < 1.29 is 14.3 Å². The molecule has 3 aliphatic rings. The Morgan fingerprint density at radius 1 is 1.17 bits per heavy atom. The van der Waals surface area contributed by atoms with Gasteiger partial charge >= 0.3 is 0 Å². The first-order valence-corrected chi connectivity index (χ1v) is 10.5. The van der Waals surface area contributed by atoms with Gasteiger partial charge in [-0.2, -0.15) is 5.26 Å². The first kappa shape index (κ1) is 19.0. The molecule has 2 N–H and O–H groups in total. The SMILES string of the molecule is N#Cc1cc(-c2ccnc(NC(=O)C3C4CNCC43)c2)ccc1OC1CCOCC1. The molecule has 1 aromatic heterocycles. The second-order valence-electron chi connectivity index (χ2n) is 8.18. The normalized spacial score (nSPS) is 25.2. The lowest BCUT2D eigenvalue weighted by Crippen LogP contribution is -2.26. The van der Waals surface area contributed by atoms with E-state index in [1.54, 1.807) is 6.20 Å². The number of benzene rings is 1. The maximum Gasteiger partial charge on any atom is 0.229 e. The van der Waals surface area contributed by atoms with E-state index in [4.69, 9.17) is 9.47 Å². The molecule has 2 unspecified atom stereocenters. The molecule has 3 heterocycles. The number of pyridine rings is 1. The zero-order valence-corrected chi connectivity index (χ0v) is 16.6. The zero-order valence-electron chi connectivity index (χ0n) is 16.6. The minimum Gasteiger partial charge on any atom is -0.489 e. The number of nitriles is 1. The fourth-order valence-corrected chi connectivity index (χ4v) is 4.57. The van der Waals surface area contributed by atoms with Gasteiger partial charge in [-0.1, -0.05) is 6.07 Å². The first-order valence-electron chi connectivity index (χ1n) is 10.5. The van der Waals surface area contributed by atoms with Gasteiger partial charge in [-0.25, -0.2) is 4.98 Å². The predicted molar refractivity (Wildman–Crippen MR) is 111 cm³/mol. The van der Waals surface area contributed by atoms with Gasteiger partial charge in [0.1, 0.15) is 23.7 Å². The Kier molecular flexibility index (Phi) is 5.11. The molecule has 2 atom stereocenters. The summed E-state index contributed by atoms with van der Waals surface area (Å²) in [6.45, 7) is 3.23. The highest BCUT2D eigenvalue weighted by Crippen LogP contribution is 2.49. The van der Waals surface area contributed by atoms with Gasteiger partial charge < -0.3 is 20.1 Å². The Hall–Kier alpha value is -2.95. The van der Waals surface area contributed by atoms with Crippen molar-refractivity contribution in [1.82, 2.24) is 10.3 Å². The number of rotatable bonds is 5. The third-order valence-electron chi connectivity index (χ3n) is 6.30. The molecule has 0 spiro atoms. The molecule has 3 fully saturated rings. The smallest absolute Gasteiger partial charge is 0.229 e. The van der Waals surface area contributed by atoms with Crippen LogP contribution in [0.5, 0.6) is 5.75 Å². The van der Waals surface area contributed by atoms with Gasteiger partial charge in [0.05, 0.1) is 18.8 Å². The van der Waals surface area contributed by atoms with E-state index in [1.807, 2.05) is 30.3 Å². The predicted octanol–water partition coefficient (Wildman–Crippen LogP) is 2.58. The molecule has 2 saturated heterocycles. The van der Waals surface area contributed by atoms with Crippen LogP contribution in [0.15, 0.2) is 36.5 Å².